The van der Waals surface area contributed by atoms with Gasteiger partial charge in [-0.1, -0.05) is 0 Å². The third-order valence-electron chi connectivity index (χ3n) is 2.61. The molecule has 0 fully saturated rings. The zero-order valence-corrected chi connectivity index (χ0v) is 12.4. The van der Waals surface area contributed by atoms with Gasteiger partial charge in [-0.25, -0.2) is 18.1 Å². The van der Waals surface area contributed by atoms with Crippen molar-refractivity contribution in [2.45, 2.75) is 13.5 Å². The van der Waals surface area contributed by atoms with Crippen molar-refractivity contribution in [2.24, 2.45) is 0 Å². The van der Waals surface area contributed by atoms with Gasteiger partial charge in [-0.15, -0.1) is 0 Å². The molecular formula is C13H17N3O4S. The van der Waals surface area contributed by atoms with Crippen LogP contribution in [-0.2, 0) is 16.6 Å². The molecule has 114 valence electrons. The first-order valence-electron chi connectivity index (χ1n) is 6.31. The van der Waals surface area contributed by atoms with Crippen molar-refractivity contribution in [3.05, 3.63) is 42.1 Å². The number of anilines is 1. The summed E-state index contributed by atoms with van der Waals surface area (Å²) in [5.41, 5.74) is 6.17. The number of rotatable bonds is 7. The largest absolute Gasteiger partial charge is 0.492 e. The zero-order valence-electron chi connectivity index (χ0n) is 11.6. The standard InChI is InChI=1S/C13H17N3O4S/c1-10-8-15-13(20-10)9-16-21(17,18)7-6-19-12-4-2-11(14)3-5-12/h2-5,8,16H,6-7,9,14H2,1H3. The van der Waals surface area contributed by atoms with Crippen LogP contribution in [0, 0.1) is 6.92 Å². The normalized spacial score (nSPS) is 11.5. The maximum atomic E-state index is 11.8. The summed E-state index contributed by atoms with van der Waals surface area (Å²) in [6, 6.07) is 6.75. The molecule has 0 amide bonds. The van der Waals surface area contributed by atoms with E-state index in [4.69, 9.17) is 14.9 Å². The molecule has 0 radical (unpaired) electrons. The molecule has 0 unspecified atom stereocenters. The maximum Gasteiger partial charge on any atom is 0.215 e. The second-order valence-electron chi connectivity index (χ2n) is 4.42. The lowest BCUT2D eigenvalue weighted by Gasteiger charge is -2.07. The molecule has 2 aromatic rings. The summed E-state index contributed by atoms with van der Waals surface area (Å²) in [4.78, 5) is 3.92. The number of ether oxygens (including phenoxy) is 1. The second kappa shape index (κ2) is 6.59. The minimum absolute atomic E-state index is 0.0258. The molecule has 1 aromatic heterocycles. The Labute approximate surface area is 123 Å². The topological polar surface area (TPSA) is 107 Å². The summed E-state index contributed by atoms with van der Waals surface area (Å²) in [5.74, 6) is 1.38. The number of nitrogens with zero attached hydrogens (tertiary/aromatic N) is 1. The van der Waals surface area contributed by atoms with Crippen LogP contribution >= 0.6 is 0 Å². The smallest absolute Gasteiger partial charge is 0.215 e. The molecule has 0 bridgehead atoms. The molecule has 1 aromatic carbocycles. The fourth-order valence-corrected chi connectivity index (χ4v) is 2.35. The molecule has 0 saturated carbocycles. The van der Waals surface area contributed by atoms with Crippen molar-refractivity contribution in [3.63, 3.8) is 0 Å². The van der Waals surface area contributed by atoms with E-state index < -0.39 is 10.0 Å². The lowest BCUT2D eigenvalue weighted by atomic mass is 10.3. The third kappa shape index (κ3) is 5.09. The minimum Gasteiger partial charge on any atom is -0.492 e. The van der Waals surface area contributed by atoms with Gasteiger partial charge in [-0.2, -0.15) is 0 Å². The molecule has 1 heterocycles. The number of nitrogen functional groups attached to an aromatic ring is 1. The molecule has 0 spiro atoms. The molecular weight excluding hydrogens is 294 g/mol. The average Bonchev–Trinajstić information content (AvgIpc) is 2.85. The molecule has 0 aliphatic rings. The Balaban J connectivity index is 1.77. The van der Waals surface area contributed by atoms with E-state index in [9.17, 15) is 8.42 Å². The Morgan fingerprint density at radius 1 is 1.33 bits per heavy atom. The van der Waals surface area contributed by atoms with Crippen LogP contribution in [-0.4, -0.2) is 25.8 Å². The van der Waals surface area contributed by atoms with E-state index in [1.54, 1.807) is 31.2 Å². The Hall–Kier alpha value is -2.06. The third-order valence-corrected chi connectivity index (χ3v) is 3.90. The van der Waals surface area contributed by atoms with Crippen LogP contribution in [0.1, 0.15) is 11.7 Å². The van der Waals surface area contributed by atoms with Gasteiger partial charge in [0, 0.05) is 5.69 Å². The van der Waals surface area contributed by atoms with Crippen LogP contribution in [0.5, 0.6) is 5.75 Å². The number of oxazole rings is 1. The minimum atomic E-state index is -3.45. The van der Waals surface area contributed by atoms with E-state index >= 15 is 0 Å². The van der Waals surface area contributed by atoms with E-state index in [1.165, 1.54) is 6.20 Å². The number of nitrogens with two attached hydrogens (primary N) is 1. The number of aromatic nitrogens is 1. The first kappa shape index (κ1) is 15.3. The lowest BCUT2D eigenvalue weighted by Crippen LogP contribution is -2.28. The van der Waals surface area contributed by atoms with Crippen molar-refractivity contribution < 1.29 is 17.6 Å². The first-order chi connectivity index (χ1) is 9.94. The molecule has 0 aliphatic carbocycles. The van der Waals surface area contributed by atoms with Crippen molar-refractivity contribution in [1.29, 1.82) is 0 Å². The number of hydrogen-bond acceptors (Lipinski definition) is 6. The lowest BCUT2D eigenvalue weighted by molar-refractivity contribution is 0.340. The molecule has 2 rings (SSSR count). The van der Waals surface area contributed by atoms with Crippen LogP contribution in [0.3, 0.4) is 0 Å². The number of nitrogens with one attached hydrogen (secondary N) is 1. The van der Waals surface area contributed by atoms with Gasteiger partial charge >= 0.3 is 0 Å². The van der Waals surface area contributed by atoms with E-state index in [1.807, 2.05) is 0 Å². The quantitative estimate of drug-likeness (QED) is 0.740. The first-order valence-corrected chi connectivity index (χ1v) is 7.97. The average molecular weight is 311 g/mol. The van der Waals surface area contributed by atoms with Crippen LogP contribution in [0.2, 0.25) is 0 Å². The number of benzene rings is 1. The summed E-state index contributed by atoms with van der Waals surface area (Å²) in [7, 11) is -3.45. The molecule has 0 saturated heterocycles. The fraction of sp³-hybridized carbons (Fsp3) is 0.308. The SMILES string of the molecule is Cc1cnc(CNS(=O)(=O)CCOc2ccc(N)cc2)o1. The van der Waals surface area contributed by atoms with Gasteiger partial charge in [-0.3, -0.25) is 0 Å². The van der Waals surface area contributed by atoms with Crippen molar-refractivity contribution >= 4 is 15.7 Å². The van der Waals surface area contributed by atoms with Crippen LogP contribution in [0.15, 0.2) is 34.9 Å². The van der Waals surface area contributed by atoms with Gasteiger partial charge < -0.3 is 14.9 Å². The molecule has 8 heteroatoms. The van der Waals surface area contributed by atoms with Crippen molar-refractivity contribution in [2.75, 3.05) is 18.1 Å². The van der Waals surface area contributed by atoms with Gasteiger partial charge in [0.1, 0.15) is 18.1 Å². The Morgan fingerprint density at radius 2 is 2.05 bits per heavy atom. The maximum absolute atomic E-state index is 11.8. The van der Waals surface area contributed by atoms with Gasteiger partial charge in [0.2, 0.25) is 15.9 Å². The summed E-state index contributed by atoms with van der Waals surface area (Å²) < 4.78 is 36.5. The molecule has 0 atom stereocenters. The van der Waals surface area contributed by atoms with Crippen LogP contribution in [0.4, 0.5) is 5.69 Å². The number of sulfonamides is 1. The zero-order chi connectivity index (χ0) is 15.3. The fourth-order valence-electron chi connectivity index (χ4n) is 1.56. The van der Waals surface area contributed by atoms with E-state index in [-0.39, 0.29) is 18.9 Å². The predicted molar refractivity (Wildman–Crippen MR) is 78.2 cm³/mol. The predicted octanol–water partition coefficient (Wildman–Crippen LogP) is 1.06. The Kier molecular flexibility index (Phi) is 4.81. The van der Waals surface area contributed by atoms with Gasteiger partial charge in [0.15, 0.2) is 0 Å². The van der Waals surface area contributed by atoms with Gasteiger partial charge in [-0.05, 0) is 31.2 Å². The van der Waals surface area contributed by atoms with Crippen molar-refractivity contribution in [3.8, 4) is 5.75 Å². The highest BCUT2D eigenvalue weighted by Crippen LogP contribution is 2.12. The molecule has 3 N–H and O–H groups in total. The summed E-state index contributed by atoms with van der Waals surface area (Å²) in [6.07, 6.45) is 1.54. The Morgan fingerprint density at radius 3 is 2.67 bits per heavy atom. The number of hydrogen-bond donors (Lipinski definition) is 2. The molecule has 0 aliphatic heterocycles. The highest BCUT2D eigenvalue weighted by Gasteiger charge is 2.12. The highest BCUT2D eigenvalue weighted by molar-refractivity contribution is 7.89. The summed E-state index contributed by atoms with van der Waals surface area (Å²) in [6.45, 7) is 1.81. The highest BCUT2D eigenvalue weighted by atomic mass is 32.2. The van der Waals surface area contributed by atoms with Crippen LogP contribution in [0.25, 0.3) is 0 Å². The van der Waals surface area contributed by atoms with E-state index in [0.717, 1.165) is 0 Å². The molecule has 7 nitrogen and oxygen atoms in total. The van der Waals surface area contributed by atoms with Crippen LogP contribution < -0.4 is 15.2 Å². The monoisotopic (exact) mass is 311 g/mol. The molecule has 21 heavy (non-hydrogen) atoms. The van der Waals surface area contributed by atoms with Gasteiger partial charge in [0.05, 0.1) is 18.5 Å². The van der Waals surface area contributed by atoms with Gasteiger partial charge in [0.25, 0.3) is 0 Å². The summed E-state index contributed by atoms with van der Waals surface area (Å²) >= 11 is 0. The number of aryl methyl sites for hydroxylation is 1. The van der Waals surface area contributed by atoms with Crippen molar-refractivity contribution in [1.82, 2.24) is 9.71 Å². The van der Waals surface area contributed by atoms with E-state index in [2.05, 4.69) is 9.71 Å². The summed E-state index contributed by atoms with van der Waals surface area (Å²) in [5, 5.41) is 0. The van der Waals surface area contributed by atoms with E-state index in [0.29, 0.717) is 23.1 Å². The second-order valence-corrected chi connectivity index (χ2v) is 6.35. The Bertz CT molecular complexity index is 680.